The quantitative estimate of drug-likeness (QED) is 0.792. The number of amides is 1. The molecule has 15 heavy (non-hydrogen) atoms. The first-order valence-electron chi connectivity index (χ1n) is 5.13. The number of benzene rings is 1. The first kappa shape index (κ1) is 9.90. The van der Waals surface area contributed by atoms with Gasteiger partial charge >= 0.3 is 0 Å². The highest BCUT2D eigenvalue weighted by molar-refractivity contribution is 5.95. The van der Waals surface area contributed by atoms with Crippen molar-refractivity contribution in [3.05, 3.63) is 35.9 Å². The van der Waals surface area contributed by atoms with E-state index in [1.807, 2.05) is 18.2 Å². The monoisotopic (exact) mass is 203 g/mol. The van der Waals surface area contributed by atoms with E-state index in [-0.39, 0.29) is 17.7 Å². The predicted molar refractivity (Wildman–Crippen MR) is 56.6 cm³/mol. The molecule has 0 spiro atoms. The first-order chi connectivity index (χ1) is 7.25. The summed E-state index contributed by atoms with van der Waals surface area (Å²) in [7, 11) is 0. The Morgan fingerprint density at radius 2 is 2.00 bits per heavy atom. The molecule has 1 aliphatic carbocycles. The molecule has 0 aromatic heterocycles. The van der Waals surface area contributed by atoms with E-state index in [0.29, 0.717) is 18.4 Å². The molecule has 0 heterocycles. The Hall–Kier alpha value is -1.64. The van der Waals surface area contributed by atoms with E-state index >= 15 is 0 Å². The molecule has 0 saturated heterocycles. The molecule has 78 valence electrons. The van der Waals surface area contributed by atoms with Gasteiger partial charge in [0.05, 0.1) is 0 Å². The average Bonchev–Trinajstić information content (AvgIpc) is 2.65. The number of rotatable bonds is 2. The SMILES string of the molecule is O=C1CCC(NC(=O)c2ccccc2)C1. The number of carbonyl (C=O) groups is 2. The highest BCUT2D eigenvalue weighted by Gasteiger charge is 2.23. The lowest BCUT2D eigenvalue weighted by molar-refractivity contribution is -0.117. The zero-order valence-electron chi connectivity index (χ0n) is 8.40. The molecule has 0 radical (unpaired) electrons. The molecule has 1 aromatic carbocycles. The van der Waals surface area contributed by atoms with Crippen LogP contribution in [0.25, 0.3) is 0 Å². The fourth-order valence-corrected chi connectivity index (χ4v) is 1.80. The zero-order valence-corrected chi connectivity index (χ0v) is 8.40. The Morgan fingerprint density at radius 1 is 1.27 bits per heavy atom. The van der Waals surface area contributed by atoms with E-state index in [9.17, 15) is 9.59 Å². The van der Waals surface area contributed by atoms with Gasteiger partial charge in [-0.25, -0.2) is 0 Å². The highest BCUT2D eigenvalue weighted by atomic mass is 16.2. The fourth-order valence-electron chi connectivity index (χ4n) is 1.80. The molecule has 1 atom stereocenters. The molecule has 1 N–H and O–H groups in total. The number of Topliss-reactive ketones (excluding diaryl/α,β-unsaturated/α-hetero) is 1. The van der Waals surface area contributed by atoms with Crippen LogP contribution >= 0.6 is 0 Å². The average molecular weight is 203 g/mol. The molecule has 1 unspecified atom stereocenters. The van der Waals surface area contributed by atoms with Crippen LogP contribution in [0.4, 0.5) is 0 Å². The summed E-state index contributed by atoms with van der Waals surface area (Å²) in [6.07, 6.45) is 1.86. The summed E-state index contributed by atoms with van der Waals surface area (Å²) in [5.74, 6) is 0.156. The Morgan fingerprint density at radius 3 is 2.60 bits per heavy atom. The van der Waals surface area contributed by atoms with Crippen LogP contribution in [-0.2, 0) is 4.79 Å². The van der Waals surface area contributed by atoms with Gasteiger partial charge in [0.15, 0.2) is 0 Å². The smallest absolute Gasteiger partial charge is 0.251 e. The minimum absolute atomic E-state index is 0.0326. The molecule has 2 rings (SSSR count). The molecule has 1 fully saturated rings. The zero-order chi connectivity index (χ0) is 10.7. The van der Waals surface area contributed by atoms with Crippen molar-refractivity contribution in [3.8, 4) is 0 Å². The van der Waals surface area contributed by atoms with Crippen molar-refractivity contribution in [2.75, 3.05) is 0 Å². The maximum Gasteiger partial charge on any atom is 0.251 e. The van der Waals surface area contributed by atoms with Crippen molar-refractivity contribution in [2.24, 2.45) is 0 Å². The lowest BCUT2D eigenvalue weighted by atomic mass is 10.2. The normalized spacial score (nSPS) is 20.3. The van der Waals surface area contributed by atoms with Gasteiger partial charge in [0.2, 0.25) is 0 Å². The van der Waals surface area contributed by atoms with Crippen LogP contribution in [-0.4, -0.2) is 17.7 Å². The highest BCUT2D eigenvalue weighted by Crippen LogP contribution is 2.14. The Kier molecular flexibility index (Phi) is 2.81. The fraction of sp³-hybridized carbons (Fsp3) is 0.333. The van der Waals surface area contributed by atoms with Crippen molar-refractivity contribution >= 4 is 11.7 Å². The lowest BCUT2D eigenvalue weighted by Gasteiger charge is -2.10. The third kappa shape index (κ3) is 2.43. The van der Waals surface area contributed by atoms with Gasteiger partial charge in [-0.1, -0.05) is 18.2 Å². The van der Waals surface area contributed by atoms with E-state index < -0.39 is 0 Å². The Labute approximate surface area is 88.5 Å². The number of hydrogen-bond acceptors (Lipinski definition) is 2. The molecular formula is C12H13NO2. The minimum atomic E-state index is -0.0877. The first-order valence-corrected chi connectivity index (χ1v) is 5.13. The second kappa shape index (κ2) is 4.26. The van der Waals surface area contributed by atoms with Gasteiger partial charge in [-0.2, -0.15) is 0 Å². The van der Waals surface area contributed by atoms with Crippen LogP contribution in [0, 0.1) is 0 Å². The van der Waals surface area contributed by atoms with Gasteiger partial charge in [-0.3, -0.25) is 9.59 Å². The third-order valence-corrected chi connectivity index (χ3v) is 2.62. The van der Waals surface area contributed by atoms with Crippen LogP contribution < -0.4 is 5.32 Å². The second-order valence-electron chi connectivity index (χ2n) is 3.82. The van der Waals surface area contributed by atoms with Crippen molar-refractivity contribution in [3.63, 3.8) is 0 Å². The molecule has 3 nitrogen and oxygen atoms in total. The maximum atomic E-state index is 11.7. The standard InChI is InChI=1S/C12H13NO2/c14-11-7-6-10(8-11)13-12(15)9-4-2-1-3-5-9/h1-5,10H,6-8H2,(H,13,15). The van der Waals surface area contributed by atoms with E-state index in [4.69, 9.17) is 0 Å². The number of ketones is 1. The number of carbonyl (C=O) groups excluding carboxylic acids is 2. The molecule has 3 heteroatoms. The summed E-state index contributed by atoms with van der Waals surface area (Å²) < 4.78 is 0. The van der Waals surface area contributed by atoms with Gasteiger partial charge in [0, 0.05) is 24.4 Å². The summed E-state index contributed by atoms with van der Waals surface area (Å²) in [6, 6.07) is 9.10. The summed E-state index contributed by atoms with van der Waals surface area (Å²) in [5, 5.41) is 2.87. The molecule has 1 saturated carbocycles. The molecule has 1 aromatic rings. The van der Waals surface area contributed by atoms with Crippen molar-refractivity contribution in [1.29, 1.82) is 0 Å². The van der Waals surface area contributed by atoms with Gasteiger partial charge < -0.3 is 5.32 Å². The third-order valence-electron chi connectivity index (χ3n) is 2.62. The Balaban J connectivity index is 1.96. The van der Waals surface area contributed by atoms with Gasteiger partial charge in [0.25, 0.3) is 5.91 Å². The topological polar surface area (TPSA) is 46.2 Å². The van der Waals surface area contributed by atoms with Crippen LogP contribution in [0.5, 0.6) is 0 Å². The summed E-state index contributed by atoms with van der Waals surface area (Å²) in [4.78, 5) is 22.7. The summed E-state index contributed by atoms with van der Waals surface area (Å²) >= 11 is 0. The molecular weight excluding hydrogens is 190 g/mol. The van der Waals surface area contributed by atoms with E-state index in [1.165, 1.54) is 0 Å². The van der Waals surface area contributed by atoms with Crippen LogP contribution in [0.3, 0.4) is 0 Å². The van der Waals surface area contributed by atoms with Crippen LogP contribution in [0.1, 0.15) is 29.6 Å². The maximum absolute atomic E-state index is 11.7. The van der Waals surface area contributed by atoms with Gasteiger partial charge in [-0.15, -0.1) is 0 Å². The van der Waals surface area contributed by atoms with E-state index in [0.717, 1.165) is 6.42 Å². The summed E-state index contributed by atoms with van der Waals surface area (Å²) in [5.41, 5.74) is 0.650. The minimum Gasteiger partial charge on any atom is -0.349 e. The molecule has 0 aliphatic heterocycles. The number of nitrogens with one attached hydrogen (secondary N) is 1. The molecule has 0 bridgehead atoms. The van der Waals surface area contributed by atoms with Crippen LogP contribution in [0.15, 0.2) is 30.3 Å². The van der Waals surface area contributed by atoms with Gasteiger partial charge in [0.1, 0.15) is 5.78 Å². The largest absolute Gasteiger partial charge is 0.349 e. The van der Waals surface area contributed by atoms with Crippen molar-refractivity contribution in [2.45, 2.75) is 25.3 Å². The molecule has 1 aliphatic rings. The predicted octanol–water partition coefficient (Wildman–Crippen LogP) is 1.54. The summed E-state index contributed by atoms with van der Waals surface area (Å²) in [6.45, 7) is 0. The number of hydrogen-bond donors (Lipinski definition) is 1. The van der Waals surface area contributed by atoms with Crippen molar-refractivity contribution < 1.29 is 9.59 Å². The van der Waals surface area contributed by atoms with E-state index in [1.54, 1.807) is 12.1 Å². The lowest BCUT2D eigenvalue weighted by Crippen LogP contribution is -2.32. The van der Waals surface area contributed by atoms with E-state index in [2.05, 4.69) is 5.32 Å². The Bertz CT molecular complexity index is 372. The van der Waals surface area contributed by atoms with Crippen LogP contribution in [0.2, 0.25) is 0 Å². The molecule has 1 amide bonds. The second-order valence-corrected chi connectivity index (χ2v) is 3.82. The van der Waals surface area contributed by atoms with Gasteiger partial charge in [-0.05, 0) is 18.6 Å². The van der Waals surface area contributed by atoms with Crippen molar-refractivity contribution in [1.82, 2.24) is 5.32 Å².